The number of amides is 1. The lowest BCUT2D eigenvalue weighted by atomic mass is 9.97. The SMILES string of the molecule is Cc1c(C(=O)N2CCC(c3nc(C#N)cs3)CC2)cnn1-c1nc2c(c(=O)[nH]1)CCC2. The molecule has 0 unspecified atom stereocenters. The third-order valence-corrected chi connectivity index (χ3v) is 7.14. The molecule has 1 fully saturated rings. The molecule has 0 aromatic carbocycles. The molecule has 3 aromatic rings. The molecule has 1 amide bonds. The molecule has 1 saturated heterocycles. The Morgan fingerprint density at radius 3 is 2.84 bits per heavy atom. The van der Waals surface area contributed by atoms with E-state index in [1.165, 1.54) is 11.3 Å². The van der Waals surface area contributed by atoms with Crippen molar-refractivity contribution in [1.29, 1.82) is 5.26 Å². The van der Waals surface area contributed by atoms with Crippen LogP contribution in [0.3, 0.4) is 0 Å². The molecule has 9 nitrogen and oxygen atoms in total. The van der Waals surface area contributed by atoms with Crippen molar-refractivity contribution in [3.63, 3.8) is 0 Å². The first-order chi connectivity index (χ1) is 15.0. The highest BCUT2D eigenvalue weighted by atomic mass is 32.1. The van der Waals surface area contributed by atoms with E-state index >= 15 is 0 Å². The van der Waals surface area contributed by atoms with E-state index in [0.29, 0.717) is 36.0 Å². The third kappa shape index (κ3) is 3.45. The van der Waals surface area contributed by atoms with E-state index in [9.17, 15) is 9.59 Å². The fourth-order valence-corrected chi connectivity index (χ4v) is 5.31. The first-order valence-electron chi connectivity index (χ1n) is 10.4. The molecule has 0 bridgehead atoms. The van der Waals surface area contributed by atoms with Crippen molar-refractivity contribution >= 4 is 17.2 Å². The Morgan fingerprint density at radius 1 is 1.29 bits per heavy atom. The number of hydrogen-bond donors (Lipinski definition) is 1. The van der Waals surface area contributed by atoms with E-state index in [-0.39, 0.29) is 17.4 Å². The Morgan fingerprint density at radius 2 is 2.10 bits per heavy atom. The van der Waals surface area contributed by atoms with Crippen LogP contribution in [0.15, 0.2) is 16.4 Å². The van der Waals surface area contributed by atoms with Crippen LogP contribution in [0.4, 0.5) is 0 Å². The number of H-pyrrole nitrogens is 1. The van der Waals surface area contributed by atoms with Crippen molar-refractivity contribution < 1.29 is 4.79 Å². The molecule has 10 heteroatoms. The highest BCUT2D eigenvalue weighted by Crippen LogP contribution is 2.31. The van der Waals surface area contributed by atoms with Crippen LogP contribution in [0.25, 0.3) is 5.95 Å². The van der Waals surface area contributed by atoms with Crippen LogP contribution in [-0.4, -0.2) is 48.6 Å². The number of aromatic amines is 1. The van der Waals surface area contributed by atoms with Gasteiger partial charge in [-0.2, -0.15) is 10.4 Å². The highest BCUT2D eigenvalue weighted by Gasteiger charge is 2.28. The van der Waals surface area contributed by atoms with Crippen molar-refractivity contribution in [1.82, 2.24) is 29.6 Å². The first-order valence-corrected chi connectivity index (χ1v) is 11.2. The summed E-state index contributed by atoms with van der Waals surface area (Å²) < 4.78 is 1.54. The van der Waals surface area contributed by atoms with Gasteiger partial charge in [-0.25, -0.2) is 14.6 Å². The topological polar surface area (TPSA) is 121 Å². The summed E-state index contributed by atoms with van der Waals surface area (Å²) in [7, 11) is 0. The lowest BCUT2D eigenvalue weighted by Gasteiger charge is -2.31. The van der Waals surface area contributed by atoms with Crippen LogP contribution in [-0.2, 0) is 12.8 Å². The van der Waals surface area contributed by atoms with Crippen molar-refractivity contribution in [2.45, 2.75) is 44.9 Å². The number of nitrogens with one attached hydrogen (secondary N) is 1. The van der Waals surface area contributed by atoms with Gasteiger partial charge in [0, 0.05) is 30.0 Å². The van der Waals surface area contributed by atoms with Gasteiger partial charge in [-0.1, -0.05) is 0 Å². The molecule has 1 N–H and O–H groups in total. The highest BCUT2D eigenvalue weighted by molar-refractivity contribution is 7.09. The molecule has 0 radical (unpaired) electrons. The van der Waals surface area contributed by atoms with Crippen LogP contribution in [0.2, 0.25) is 0 Å². The number of nitriles is 1. The normalized spacial score (nSPS) is 16.3. The van der Waals surface area contributed by atoms with Crippen molar-refractivity contribution in [3.8, 4) is 12.0 Å². The number of fused-ring (bicyclic) bond motifs is 1. The molecule has 1 aliphatic carbocycles. The lowest BCUT2D eigenvalue weighted by Crippen LogP contribution is -2.38. The molecule has 5 rings (SSSR count). The van der Waals surface area contributed by atoms with E-state index < -0.39 is 0 Å². The Labute approximate surface area is 182 Å². The number of carbonyl (C=O) groups excluding carboxylic acids is 1. The van der Waals surface area contributed by atoms with Crippen LogP contribution >= 0.6 is 11.3 Å². The van der Waals surface area contributed by atoms with E-state index in [4.69, 9.17) is 5.26 Å². The zero-order chi connectivity index (χ0) is 21.5. The van der Waals surface area contributed by atoms with E-state index in [0.717, 1.165) is 48.4 Å². The molecule has 3 aromatic heterocycles. The number of aryl methyl sites for hydroxylation is 1. The number of hydrogen-bond acceptors (Lipinski definition) is 7. The maximum atomic E-state index is 13.1. The Hall–Kier alpha value is -3.32. The maximum absolute atomic E-state index is 13.1. The summed E-state index contributed by atoms with van der Waals surface area (Å²) in [6.07, 6.45) is 5.67. The van der Waals surface area contributed by atoms with Crippen LogP contribution in [0, 0.1) is 18.3 Å². The van der Waals surface area contributed by atoms with Gasteiger partial charge in [0.1, 0.15) is 6.07 Å². The minimum absolute atomic E-state index is 0.0671. The smallest absolute Gasteiger partial charge is 0.257 e. The summed E-state index contributed by atoms with van der Waals surface area (Å²) in [6, 6.07) is 2.07. The summed E-state index contributed by atoms with van der Waals surface area (Å²) in [5.41, 5.74) is 3.10. The molecule has 0 atom stereocenters. The molecule has 4 heterocycles. The van der Waals surface area contributed by atoms with Gasteiger partial charge in [-0.3, -0.25) is 14.6 Å². The van der Waals surface area contributed by atoms with E-state index in [1.54, 1.807) is 16.3 Å². The number of piperidine rings is 1. The quantitative estimate of drug-likeness (QED) is 0.673. The molecule has 158 valence electrons. The monoisotopic (exact) mass is 435 g/mol. The standard InChI is InChI=1S/C21H21N7O2S/c1-12-16(10-23-28(12)21-25-17-4-2-3-15(17)18(29)26-21)20(30)27-7-5-13(6-8-27)19-24-14(9-22)11-31-19/h10-11,13H,2-8H2,1H3,(H,25,26,29). The van der Waals surface area contributed by atoms with Crippen LogP contribution < -0.4 is 5.56 Å². The van der Waals surface area contributed by atoms with Gasteiger partial charge >= 0.3 is 0 Å². The number of likely N-dealkylation sites (tertiary alicyclic amines) is 1. The van der Waals surface area contributed by atoms with Crippen molar-refractivity contribution in [3.05, 3.63) is 55.1 Å². The average molecular weight is 436 g/mol. The van der Waals surface area contributed by atoms with E-state index in [2.05, 4.69) is 26.1 Å². The molecular weight excluding hydrogens is 414 g/mol. The minimum atomic E-state index is -0.121. The van der Waals surface area contributed by atoms with Crippen LogP contribution in [0.1, 0.15) is 63.2 Å². The first kappa shape index (κ1) is 19.6. The van der Waals surface area contributed by atoms with Crippen molar-refractivity contribution in [2.24, 2.45) is 0 Å². The fourth-order valence-electron chi connectivity index (χ4n) is 4.39. The van der Waals surface area contributed by atoms with Gasteiger partial charge in [-0.05, 0) is 39.0 Å². The lowest BCUT2D eigenvalue weighted by molar-refractivity contribution is 0.0712. The summed E-state index contributed by atoms with van der Waals surface area (Å²) in [4.78, 5) is 39.1. The van der Waals surface area contributed by atoms with Gasteiger partial charge in [0.2, 0.25) is 5.95 Å². The Balaban J connectivity index is 1.32. The molecule has 0 spiro atoms. The summed E-state index contributed by atoms with van der Waals surface area (Å²) in [6.45, 7) is 3.08. The predicted octanol–water partition coefficient (Wildman–Crippen LogP) is 2.10. The second-order valence-electron chi connectivity index (χ2n) is 7.97. The Bertz CT molecular complexity index is 1260. The zero-order valence-corrected chi connectivity index (χ0v) is 17.9. The second-order valence-corrected chi connectivity index (χ2v) is 8.86. The molecular formula is C21H21N7O2S. The second kappa shape index (κ2) is 7.74. The van der Waals surface area contributed by atoms with Gasteiger partial charge in [0.25, 0.3) is 11.5 Å². The number of rotatable bonds is 3. The predicted molar refractivity (Wildman–Crippen MR) is 113 cm³/mol. The minimum Gasteiger partial charge on any atom is -0.338 e. The number of nitrogens with zero attached hydrogens (tertiary/aromatic N) is 6. The number of thiazole rings is 1. The van der Waals surface area contributed by atoms with Gasteiger partial charge < -0.3 is 4.90 Å². The number of carbonyl (C=O) groups is 1. The number of aromatic nitrogens is 5. The van der Waals surface area contributed by atoms with Gasteiger partial charge in [0.15, 0.2) is 5.69 Å². The molecule has 2 aliphatic rings. The Kier molecular flexibility index (Phi) is 4.90. The van der Waals surface area contributed by atoms with Crippen molar-refractivity contribution in [2.75, 3.05) is 13.1 Å². The van der Waals surface area contributed by atoms with E-state index in [1.807, 2.05) is 11.8 Å². The fraction of sp³-hybridized carbons (Fsp3) is 0.429. The molecule has 31 heavy (non-hydrogen) atoms. The average Bonchev–Trinajstić information content (AvgIpc) is 3.53. The van der Waals surface area contributed by atoms with Crippen LogP contribution in [0.5, 0.6) is 0 Å². The molecule has 0 saturated carbocycles. The summed E-state index contributed by atoms with van der Waals surface area (Å²) in [5, 5.41) is 16.1. The maximum Gasteiger partial charge on any atom is 0.257 e. The zero-order valence-electron chi connectivity index (χ0n) is 17.1. The largest absolute Gasteiger partial charge is 0.338 e. The van der Waals surface area contributed by atoms with Gasteiger partial charge in [0.05, 0.1) is 28.2 Å². The molecule has 1 aliphatic heterocycles. The third-order valence-electron chi connectivity index (χ3n) is 6.14. The summed E-state index contributed by atoms with van der Waals surface area (Å²) >= 11 is 1.51. The summed E-state index contributed by atoms with van der Waals surface area (Å²) in [5.74, 6) is 0.571. The van der Waals surface area contributed by atoms with Gasteiger partial charge in [-0.15, -0.1) is 11.3 Å².